The Kier molecular flexibility index (Phi) is 4.71. The first-order valence-corrected chi connectivity index (χ1v) is 9.46. The zero-order chi connectivity index (χ0) is 19.7. The Labute approximate surface area is 166 Å². The van der Waals surface area contributed by atoms with E-state index in [4.69, 9.17) is 0 Å². The molecule has 5 nitrogen and oxygen atoms in total. The van der Waals surface area contributed by atoms with Gasteiger partial charge in [0.05, 0.1) is 16.3 Å². The second kappa shape index (κ2) is 7.32. The van der Waals surface area contributed by atoms with Crippen LogP contribution < -0.4 is 4.90 Å². The van der Waals surface area contributed by atoms with Crippen LogP contribution in [0.4, 0.5) is 17.1 Å². The number of non-ortho nitro benzene ring substituents is 1. The SMILES string of the molecule is CN1c2ccccc2Sc2cc(/C=C/C(=O)c3cccc([N+](=O)[O-])c3)ccc21. The number of rotatable bonds is 4. The van der Waals surface area contributed by atoms with E-state index in [9.17, 15) is 14.9 Å². The molecule has 0 saturated carbocycles. The number of benzene rings is 3. The maximum atomic E-state index is 12.4. The van der Waals surface area contributed by atoms with E-state index in [0.717, 1.165) is 16.1 Å². The van der Waals surface area contributed by atoms with Gasteiger partial charge in [-0.2, -0.15) is 0 Å². The average Bonchev–Trinajstić information content (AvgIpc) is 2.72. The van der Waals surface area contributed by atoms with Crippen molar-refractivity contribution in [2.45, 2.75) is 9.79 Å². The molecule has 0 atom stereocenters. The Morgan fingerprint density at radius 1 is 1.00 bits per heavy atom. The smallest absolute Gasteiger partial charge is 0.270 e. The van der Waals surface area contributed by atoms with E-state index in [1.807, 2.05) is 37.4 Å². The first kappa shape index (κ1) is 18.0. The molecular formula is C22H16N2O3S. The van der Waals surface area contributed by atoms with E-state index in [-0.39, 0.29) is 11.5 Å². The highest BCUT2D eigenvalue weighted by Crippen LogP contribution is 2.47. The number of hydrogen-bond donors (Lipinski definition) is 0. The highest BCUT2D eigenvalue weighted by molar-refractivity contribution is 7.99. The number of fused-ring (bicyclic) bond motifs is 2. The zero-order valence-corrected chi connectivity index (χ0v) is 15.8. The van der Waals surface area contributed by atoms with Crippen LogP contribution in [0.1, 0.15) is 15.9 Å². The Hall–Kier alpha value is -3.38. The first-order chi connectivity index (χ1) is 13.5. The number of anilines is 2. The van der Waals surface area contributed by atoms with Crippen LogP contribution in [0.15, 0.2) is 82.6 Å². The van der Waals surface area contributed by atoms with Crippen molar-refractivity contribution in [2.24, 2.45) is 0 Å². The van der Waals surface area contributed by atoms with Gasteiger partial charge in [-0.05, 0) is 35.9 Å². The summed E-state index contributed by atoms with van der Waals surface area (Å²) < 4.78 is 0. The molecule has 1 aliphatic heterocycles. The van der Waals surface area contributed by atoms with Gasteiger partial charge in [0.15, 0.2) is 5.78 Å². The van der Waals surface area contributed by atoms with Gasteiger partial charge in [0, 0.05) is 34.5 Å². The summed E-state index contributed by atoms with van der Waals surface area (Å²) in [6.07, 6.45) is 3.19. The number of ketones is 1. The summed E-state index contributed by atoms with van der Waals surface area (Å²) in [5.74, 6) is -0.267. The Morgan fingerprint density at radius 2 is 1.79 bits per heavy atom. The van der Waals surface area contributed by atoms with Crippen molar-refractivity contribution in [3.63, 3.8) is 0 Å². The highest BCUT2D eigenvalue weighted by atomic mass is 32.2. The minimum Gasteiger partial charge on any atom is -0.343 e. The number of carbonyl (C=O) groups excluding carboxylic acids is 1. The Morgan fingerprint density at radius 3 is 2.61 bits per heavy atom. The van der Waals surface area contributed by atoms with Crippen molar-refractivity contribution >= 4 is 40.7 Å². The maximum absolute atomic E-state index is 12.4. The Bertz CT molecular complexity index is 1120. The predicted octanol–water partition coefficient (Wildman–Crippen LogP) is 5.72. The third-order valence-corrected chi connectivity index (χ3v) is 5.67. The molecule has 0 bridgehead atoms. The summed E-state index contributed by atoms with van der Waals surface area (Å²) in [5.41, 5.74) is 3.39. The molecule has 0 radical (unpaired) electrons. The summed E-state index contributed by atoms with van der Waals surface area (Å²) in [5, 5.41) is 10.9. The average molecular weight is 388 g/mol. The fourth-order valence-electron chi connectivity index (χ4n) is 3.10. The number of hydrogen-bond acceptors (Lipinski definition) is 5. The molecule has 0 aromatic heterocycles. The van der Waals surface area contributed by atoms with Crippen molar-refractivity contribution in [1.82, 2.24) is 0 Å². The van der Waals surface area contributed by atoms with Crippen molar-refractivity contribution in [3.05, 3.63) is 94.0 Å². The molecule has 3 aromatic rings. The molecule has 138 valence electrons. The lowest BCUT2D eigenvalue weighted by atomic mass is 10.1. The van der Waals surface area contributed by atoms with Crippen LogP contribution in [0.25, 0.3) is 6.08 Å². The molecular weight excluding hydrogens is 372 g/mol. The molecule has 0 amide bonds. The van der Waals surface area contributed by atoms with E-state index in [2.05, 4.69) is 17.0 Å². The minimum absolute atomic E-state index is 0.0915. The van der Waals surface area contributed by atoms with Gasteiger partial charge in [-0.15, -0.1) is 0 Å². The lowest BCUT2D eigenvalue weighted by Gasteiger charge is -2.29. The van der Waals surface area contributed by atoms with Crippen LogP contribution in [0.2, 0.25) is 0 Å². The second-order valence-corrected chi connectivity index (χ2v) is 7.44. The van der Waals surface area contributed by atoms with E-state index in [0.29, 0.717) is 5.56 Å². The van der Waals surface area contributed by atoms with Gasteiger partial charge in [0.1, 0.15) is 0 Å². The summed E-state index contributed by atoms with van der Waals surface area (Å²) in [6.45, 7) is 0. The zero-order valence-electron chi connectivity index (χ0n) is 15.0. The molecule has 1 aliphatic rings. The third-order valence-electron chi connectivity index (χ3n) is 4.56. The minimum atomic E-state index is -0.504. The third kappa shape index (κ3) is 3.42. The van der Waals surface area contributed by atoms with Crippen LogP contribution >= 0.6 is 11.8 Å². The van der Waals surface area contributed by atoms with Crippen LogP contribution in [0, 0.1) is 10.1 Å². The molecule has 3 aromatic carbocycles. The van der Waals surface area contributed by atoms with E-state index in [1.54, 1.807) is 23.9 Å². The molecule has 28 heavy (non-hydrogen) atoms. The van der Waals surface area contributed by atoms with Crippen LogP contribution in [-0.2, 0) is 0 Å². The largest absolute Gasteiger partial charge is 0.343 e. The standard InChI is InChI=1S/C22H16N2O3S/c1-23-18-7-2-3-8-21(18)28-22-13-15(9-11-19(22)23)10-12-20(25)16-5-4-6-17(14-16)24(26)27/h2-14H,1H3/b12-10+. The maximum Gasteiger partial charge on any atom is 0.270 e. The van der Waals surface area contributed by atoms with Gasteiger partial charge in [-0.3, -0.25) is 14.9 Å². The topological polar surface area (TPSA) is 63.5 Å². The molecule has 0 spiro atoms. The molecule has 0 N–H and O–H groups in total. The summed E-state index contributed by atoms with van der Waals surface area (Å²) >= 11 is 1.70. The van der Waals surface area contributed by atoms with Gasteiger partial charge < -0.3 is 4.90 Å². The molecule has 0 unspecified atom stereocenters. The second-order valence-electron chi connectivity index (χ2n) is 6.36. The van der Waals surface area contributed by atoms with Gasteiger partial charge in [-0.25, -0.2) is 0 Å². The van der Waals surface area contributed by atoms with E-state index in [1.165, 1.54) is 34.9 Å². The number of nitrogens with zero attached hydrogens (tertiary/aromatic N) is 2. The first-order valence-electron chi connectivity index (χ1n) is 8.64. The number of nitro benzene ring substituents is 1. The normalized spacial score (nSPS) is 12.5. The lowest BCUT2D eigenvalue weighted by molar-refractivity contribution is -0.384. The van der Waals surface area contributed by atoms with Crippen LogP contribution in [0.5, 0.6) is 0 Å². The molecule has 4 rings (SSSR count). The number of nitro groups is 1. The molecule has 0 aliphatic carbocycles. The van der Waals surface area contributed by atoms with Crippen molar-refractivity contribution in [2.75, 3.05) is 11.9 Å². The molecule has 6 heteroatoms. The van der Waals surface area contributed by atoms with E-state index < -0.39 is 4.92 Å². The summed E-state index contributed by atoms with van der Waals surface area (Å²) in [4.78, 5) is 27.2. The summed E-state index contributed by atoms with van der Waals surface area (Å²) in [7, 11) is 2.04. The predicted molar refractivity (Wildman–Crippen MR) is 112 cm³/mol. The summed E-state index contributed by atoms with van der Waals surface area (Å²) in [6, 6.07) is 20.0. The fourth-order valence-corrected chi connectivity index (χ4v) is 4.30. The quantitative estimate of drug-likeness (QED) is 0.247. The van der Waals surface area contributed by atoms with Crippen molar-refractivity contribution in [3.8, 4) is 0 Å². The van der Waals surface area contributed by atoms with E-state index >= 15 is 0 Å². The Balaban J connectivity index is 1.58. The highest BCUT2D eigenvalue weighted by Gasteiger charge is 2.20. The monoisotopic (exact) mass is 388 g/mol. The fraction of sp³-hybridized carbons (Fsp3) is 0.0455. The van der Waals surface area contributed by atoms with Crippen LogP contribution in [-0.4, -0.2) is 17.8 Å². The van der Waals surface area contributed by atoms with Gasteiger partial charge in [0.2, 0.25) is 0 Å². The van der Waals surface area contributed by atoms with Gasteiger partial charge in [0.25, 0.3) is 5.69 Å². The lowest BCUT2D eigenvalue weighted by Crippen LogP contribution is -2.14. The number of carbonyl (C=O) groups is 1. The van der Waals surface area contributed by atoms with Crippen molar-refractivity contribution in [1.29, 1.82) is 0 Å². The molecule has 0 fully saturated rings. The van der Waals surface area contributed by atoms with Gasteiger partial charge in [-0.1, -0.05) is 48.2 Å². The van der Waals surface area contributed by atoms with Crippen molar-refractivity contribution < 1.29 is 9.72 Å². The molecule has 0 saturated heterocycles. The van der Waals surface area contributed by atoms with Gasteiger partial charge >= 0.3 is 0 Å². The van der Waals surface area contributed by atoms with Crippen LogP contribution in [0.3, 0.4) is 0 Å². The number of para-hydroxylation sites is 1. The number of allylic oxidation sites excluding steroid dienone is 1. The molecule has 1 heterocycles.